The van der Waals surface area contributed by atoms with Gasteiger partial charge < -0.3 is 10.3 Å². The van der Waals surface area contributed by atoms with Crippen LogP contribution < -0.4 is 5.73 Å². The molecule has 0 aliphatic carbocycles. The topological polar surface area (TPSA) is 68.3 Å². The average Bonchev–Trinajstić information content (AvgIpc) is 2.94. The Morgan fingerprint density at radius 2 is 2.10 bits per heavy atom. The lowest BCUT2D eigenvalue weighted by Gasteiger charge is -2.20. The highest BCUT2D eigenvalue weighted by Crippen LogP contribution is 2.29. The van der Waals surface area contributed by atoms with Crippen LogP contribution in [0.4, 0.5) is 0 Å². The molecule has 2 heterocycles. The first kappa shape index (κ1) is 15.5. The molecule has 1 aromatic heterocycles. The molecule has 1 aliphatic heterocycles. The summed E-state index contributed by atoms with van der Waals surface area (Å²) in [6, 6.07) is 1.80. The molecule has 5 nitrogen and oxygen atoms in total. The van der Waals surface area contributed by atoms with Crippen LogP contribution in [0.15, 0.2) is 17.2 Å². The lowest BCUT2D eigenvalue weighted by atomic mass is 10.1. The average molecular weight is 299 g/mol. The maximum absolute atomic E-state index is 12.7. The summed E-state index contributed by atoms with van der Waals surface area (Å²) >= 11 is 0. The Kier molecular flexibility index (Phi) is 4.56. The van der Waals surface area contributed by atoms with Gasteiger partial charge in [-0.1, -0.05) is 13.8 Å². The zero-order valence-corrected chi connectivity index (χ0v) is 13.4. The smallest absolute Gasteiger partial charge is 0.244 e. The van der Waals surface area contributed by atoms with E-state index >= 15 is 0 Å². The van der Waals surface area contributed by atoms with Crippen molar-refractivity contribution >= 4 is 10.0 Å². The minimum Gasteiger partial charge on any atom is -0.349 e. The second-order valence-electron chi connectivity index (χ2n) is 5.83. The summed E-state index contributed by atoms with van der Waals surface area (Å²) in [6.07, 6.45) is 3.62. The van der Waals surface area contributed by atoms with Crippen LogP contribution in [-0.2, 0) is 23.1 Å². The van der Waals surface area contributed by atoms with E-state index in [0.29, 0.717) is 23.9 Å². The Morgan fingerprint density at radius 1 is 1.40 bits per heavy atom. The fourth-order valence-electron chi connectivity index (χ4n) is 3.02. The molecule has 1 aliphatic rings. The monoisotopic (exact) mass is 299 g/mol. The van der Waals surface area contributed by atoms with Crippen LogP contribution in [-0.4, -0.2) is 29.9 Å². The Balaban J connectivity index is 2.34. The highest BCUT2D eigenvalue weighted by Gasteiger charge is 2.36. The second kappa shape index (κ2) is 5.87. The fraction of sp³-hybridized carbons (Fsp3) is 0.714. The highest BCUT2D eigenvalue weighted by molar-refractivity contribution is 7.89. The van der Waals surface area contributed by atoms with Crippen molar-refractivity contribution < 1.29 is 8.42 Å². The maximum atomic E-state index is 12.7. The van der Waals surface area contributed by atoms with Crippen molar-refractivity contribution in [1.82, 2.24) is 8.87 Å². The van der Waals surface area contributed by atoms with Crippen LogP contribution in [0, 0.1) is 5.92 Å². The molecule has 6 heteroatoms. The summed E-state index contributed by atoms with van der Waals surface area (Å²) in [5, 5.41) is 0. The molecule has 0 saturated carbocycles. The molecule has 1 fully saturated rings. The van der Waals surface area contributed by atoms with Crippen LogP contribution in [0.3, 0.4) is 0 Å². The molecule has 1 saturated heterocycles. The molecule has 0 amide bonds. The first-order valence-electron chi connectivity index (χ1n) is 7.31. The van der Waals surface area contributed by atoms with Crippen LogP contribution in [0.1, 0.15) is 39.3 Å². The van der Waals surface area contributed by atoms with Gasteiger partial charge in [-0.2, -0.15) is 4.31 Å². The molecular weight excluding hydrogens is 274 g/mol. The van der Waals surface area contributed by atoms with Gasteiger partial charge in [-0.15, -0.1) is 0 Å². The molecule has 114 valence electrons. The van der Waals surface area contributed by atoms with E-state index < -0.39 is 10.0 Å². The normalized spacial score (nSPS) is 24.4. The van der Waals surface area contributed by atoms with Crippen molar-refractivity contribution in [2.75, 3.05) is 6.54 Å². The Morgan fingerprint density at radius 3 is 2.60 bits per heavy atom. The standard InChI is InChI=1S/C14H25N3O2S/c1-4-5-16-10-14(7-13(16)8-15)20(18,19)17-9-11(2)6-12(17)3/h7,10-12H,4-6,8-9,15H2,1-3H3. The van der Waals surface area contributed by atoms with Gasteiger partial charge in [0.25, 0.3) is 0 Å². The zero-order valence-electron chi connectivity index (χ0n) is 12.5. The molecular formula is C14H25N3O2S. The predicted octanol–water partition coefficient (Wildman–Crippen LogP) is 1.78. The Hall–Kier alpha value is -0.850. The van der Waals surface area contributed by atoms with Gasteiger partial charge >= 0.3 is 0 Å². The van der Waals surface area contributed by atoms with Gasteiger partial charge in [0.1, 0.15) is 4.90 Å². The third-order valence-corrected chi connectivity index (χ3v) is 5.91. The third kappa shape index (κ3) is 2.77. The molecule has 1 aromatic rings. The molecule has 2 unspecified atom stereocenters. The van der Waals surface area contributed by atoms with E-state index in [4.69, 9.17) is 5.73 Å². The number of sulfonamides is 1. The first-order valence-corrected chi connectivity index (χ1v) is 8.75. The molecule has 2 N–H and O–H groups in total. The van der Waals surface area contributed by atoms with Gasteiger partial charge in [-0.3, -0.25) is 0 Å². The van der Waals surface area contributed by atoms with E-state index in [-0.39, 0.29) is 6.04 Å². The quantitative estimate of drug-likeness (QED) is 0.901. The number of nitrogens with two attached hydrogens (primary N) is 1. The van der Waals surface area contributed by atoms with Gasteiger partial charge in [0.2, 0.25) is 10.0 Å². The zero-order chi connectivity index (χ0) is 14.9. The van der Waals surface area contributed by atoms with Gasteiger partial charge in [-0.05, 0) is 31.7 Å². The van der Waals surface area contributed by atoms with Gasteiger partial charge in [-0.25, -0.2) is 8.42 Å². The van der Waals surface area contributed by atoms with Gasteiger partial charge in [0, 0.05) is 37.6 Å². The molecule has 0 bridgehead atoms. The van der Waals surface area contributed by atoms with E-state index in [9.17, 15) is 8.42 Å². The third-order valence-electron chi connectivity index (χ3n) is 3.97. The van der Waals surface area contributed by atoms with Crippen molar-refractivity contribution in [3.63, 3.8) is 0 Å². The Labute approximate surface area is 121 Å². The fourth-order valence-corrected chi connectivity index (χ4v) is 4.85. The number of aromatic nitrogens is 1. The van der Waals surface area contributed by atoms with Crippen molar-refractivity contribution in [3.05, 3.63) is 18.0 Å². The number of hydrogen-bond donors (Lipinski definition) is 1. The molecule has 2 rings (SSSR count). The maximum Gasteiger partial charge on any atom is 0.244 e. The first-order chi connectivity index (χ1) is 9.40. The number of nitrogens with zero attached hydrogens (tertiary/aromatic N) is 2. The van der Waals surface area contributed by atoms with Crippen molar-refractivity contribution in [3.8, 4) is 0 Å². The van der Waals surface area contributed by atoms with Crippen LogP contribution >= 0.6 is 0 Å². The minimum absolute atomic E-state index is 0.0749. The van der Waals surface area contributed by atoms with Gasteiger partial charge in [0.05, 0.1) is 0 Å². The molecule has 2 atom stereocenters. The predicted molar refractivity (Wildman–Crippen MR) is 79.7 cm³/mol. The van der Waals surface area contributed by atoms with E-state index in [2.05, 4.69) is 13.8 Å². The van der Waals surface area contributed by atoms with E-state index in [1.165, 1.54) is 0 Å². The van der Waals surface area contributed by atoms with Crippen LogP contribution in [0.5, 0.6) is 0 Å². The van der Waals surface area contributed by atoms with E-state index in [1.807, 2.05) is 11.5 Å². The van der Waals surface area contributed by atoms with Crippen LogP contribution in [0.25, 0.3) is 0 Å². The SMILES string of the molecule is CCCn1cc(S(=O)(=O)N2CC(C)CC2C)cc1CN. The highest BCUT2D eigenvalue weighted by atomic mass is 32.2. The summed E-state index contributed by atoms with van der Waals surface area (Å²) in [6.45, 7) is 7.92. The number of rotatable bonds is 5. The number of hydrogen-bond acceptors (Lipinski definition) is 3. The Bertz CT molecular complexity index is 565. The largest absolute Gasteiger partial charge is 0.349 e. The molecule has 0 aromatic carbocycles. The second-order valence-corrected chi connectivity index (χ2v) is 7.72. The lowest BCUT2D eigenvalue weighted by Crippen LogP contribution is -2.33. The minimum atomic E-state index is -3.39. The summed E-state index contributed by atoms with van der Waals surface area (Å²) in [5.41, 5.74) is 6.59. The summed E-state index contributed by atoms with van der Waals surface area (Å²) < 4.78 is 29.1. The number of aryl methyl sites for hydroxylation is 1. The summed E-state index contributed by atoms with van der Waals surface area (Å²) in [4.78, 5) is 0.382. The summed E-state index contributed by atoms with van der Waals surface area (Å²) in [7, 11) is -3.39. The molecule has 0 radical (unpaired) electrons. The van der Waals surface area contributed by atoms with Crippen molar-refractivity contribution in [2.45, 2.75) is 57.6 Å². The van der Waals surface area contributed by atoms with Crippen molar-refractivity contribution in [1.29, 1.82) is 0 Å². The van der Waals surface area contributed by atoms with E-state index in [0.717, 1.165) is 25.1 Å². The molecule has 20 heavy (non-hydrogen) atoms. The summed E-state index contributed by atoms with van der Waals surface area (Å²) in [5.74, 6) is 0.423. The van der Waals surface area contributed by atoms with E-state index in [1.54, 1.807) is 16.6 Å². The molecule has 0 spiro atoms. The van der Waals surface area contributed by atoms with Crippen molar-refractivity contribution in [2.24, 2.45) is 11.7 Å². The lowest BCUT2D eigenvalue weighted by molar-refractivity contribution is 0.405. The van der Waals surface area contributed by atoms with Crippen LogP contribution in [0.2, 0.25) is 0 Å². The van der Waals surface area contributed by atoms with Gasteiger partial charge in [0.15, 0.2) is 0 Å².